The van der Waals surface area contributed by atoms with Crippen molar-refractivity contribution in [1.29, 1.82) is 0 Å². The molecule has 0 N–H and O–H groups in total. The summed E-state index contributed by atoms with van der Waals surface area (Å²) in [5, 5.41) is 0. The third kappa shape index (κ3) is 5.67. The first kappa shape index (κ1) is 12.1. The van der Waals surface area contributed by atoms with E-state index in [1.165, 1.54) is 70.6 Å². The predicted molar refractivity (Wildman–Crippen MR) is 64.3 cm³/mol. The molecule has 1 radical (unpaired) electrons. The van der Waals surface area contributed by atoms with Crippen LogP contribution in [0.3, 0.4) is 0 Å². The van der Waals surface area contributed by atoms with E-state index in [0.29, 0.717) is 0 Å². The van der Waals surface area contributed by atoms with E-state index in [9.17, 15) is 0 Å². The topological polar surface area (TPSA) is 0 Å². The van der Waals surface area contributed by atoms with Gasteiger partial charge in [-0.3, -0.25) is 0 Å². The highest BCUT2D eigenvalue weighted by Crippen LogP contribution is 2.25. The molecule has 0 heteroatoms. The van der Waals surface area contributed by atoms with Gasteiger partial charge in [-0.15, -0.1) is 0 Å². The lowest BCUT2D eigenvalue weighted by atomic mass is 9.89. The van der Waals surface area contributed by atoms with Gasteiger partial charge in [-0.2, -0.15) is 0 Å². The Morgan fingerprint density at radius 2 is 1.29 bits per heavy atom. The number of rotatable bonds is 3. The molecule has 0 aromatic heterocycles. The summed E-state index contributed by atoms with van der Waals surface area (Å²) in [6, 6.07) is 0. The van der Waals surface area contributed by atoms with E-state index in [-0.39, 0.29) is 0 Å². The summed E-state index contributed by atoms with van der Waals surface area (Å²) in [6.07, 6.45) is 17.4. The van der Waals surface area contributed by atoms with Crippen molar-refractivity contribution in [3.05, 3.63) is 6.92 Å². The highest BCUT2D eigenvalue weighted by atomic mass is 14.1. The third-order valence-electron chi connectivity index (χ3n) is 3.59. The summed E-state index contributed by atoms with van der Waals surface area (Å²) in [5.74, 6) is 1.04. The van der Waals surface area contributed by atoms with E-state index in [4.69, 9.17) is 0 Å². The molecule has 83 valence electrons. The van der Waals surface area contributed by atoms with Crippen LogP contribution in [0.1, 0.15) is 77.0 Å². The number of hydrogen-bond acceptors (Lipinski definition) is 0. The van der Waals surface area contributed by atoms with Crippen LogP contribution in [0.25, 0.3) is 0 Å². The van der Waals surface area contributed by atoms with E-state index in [1.54, 1.807) is 0 Å². The number of hydrogen-bond donors (Lipinski definition) is 0. The Morgan fingerprint density at radius 1 is 0.786 bits per heavy atom. The Hall–Kier alpha value is 0. The summed E-state index contributed by atoms with van der Waals surface area (Å²) in [7, 11) is 0. The highest BCUT2D eigenvalue weighted by Gasteiger charge is 2.09. The first-order chi connectivity index (χ1) is 6.93. The standard InChI is InChI=1S/C14H27/c1-2-3-11-14-12-9-7-5-4-6-8-10-13-14/h14H,1-13H2. The molecular formula is C14H27. The molecule has 1 fully saturated rings. The molecule has 0 aliphatic heterocycles. The van der Waals surface area contributed by atoms with Crippen molar-refractivity contribution in [3.63, 3.8) is 0 Å². The smallest absolute Gasteiger partial charge is 0.0414 e. The lowest BCUT2D eigenvalue weighted by molar-refractivity contribution is 0.362. The average molecular weight is 195 g/mol. The van der Waals surface area contributed by atoms with Gasteiger partial charge in [-0.05, 0) is 5.92 Å². The second-order valence-corrected chi connectivity index (χ2v) is 4.91. The van der Waals surface area contributed by atoms with Crippen molar-refractivity contribution in [2.24, 2.45) is 5.92 Å². The highest BCUT2D eigenvalue weighted by molar-refractivity contribution is 4.63. The summed E-state index contributed by atoms with van der Waals surface area (Å²) in [5.41, 5.74) is 0. The van der Waals surface area contributed by atoms with Crippen molar-refractivity contribution in [3.8, 4) is 0 Å². The van der Waals surface area contributed by atoms with Crippen LogP contribution in [-0.4, -0.2) is 0 Å². The molecule has 0 saturated heterocycles. The minimum atomic E-state index is 1.04. The zero-order chi connectivity index (χ0) is 10.1. The summed E-state index contributed by atoms with van der Waals surface area (Å²) in [6.45, 7) is 3.95. The largest absolute Gasteiger partial charge is 0.0533 e. The minimum absolute atomic E-state index is 1.04. The maximum atomic E-state index is 3.95. The van der Waals surface area contributed by atoms with Crippen molar-refractivity contribution in [1.82, 2.24) is 0 Å². The van der Waals surface area contributed by atoms with Gasteiger partial charge < -0.3 is 0 Å². The van der Waals surface area contributed by atoms with Crippen LogP contribution in [0.5, 0.6) is 0 Å². The van der Waals surface area contributed by atoms with Gasteiger partial charge in [0.25, 0.3) is 0 Å². The Balaban J connectivity index is 2.16. The maximum Gasteiger partial charge on any atom is -0.0414 e. The van der Waals surface area contributed by atoms with Crippen LogP contribution >= 0.6 is 0 Å². The molecule has 14 heavy (non-hydrogen) atoms. The molecule has 0 unspecified atom stereocenters. The fourth-order valence-electron chi connectivity index (χ4n) is 2.62. The summed E-state index contributed by atoms with van der Waals surface area (Å²) >= 11 is 0. The Morgan fingerprint density at radius 3 is 1.79 bits per heavy atom. The molecule has 0 aromatic carbocycles. The minimum Gasteiger partial charge on any atom is -0.0533 e. The second-order valence-electron chi connectivity index (χ2n) is 4.91. The van der Waals surface area contributed by atoms with Gasteiger partial charge in [-0.1, -0.05) is 84.0 Å². The summed E-state index contributed by atoms with van der Waals surface area (Å²) < 4.78 is 0. The molecule has 0 amide bonds. The van der Waals surface area contributed by atoms with Gasteiger partial charge in [-0.25, -0.2) is 0 Å². The zero-order valence-electron chi connectivity index (χ0n) is 9.77. The fourth-order valence-corrected chi connectivity index (χ4v) is 2.62. The maximum absolute atomic E-state index is 3.95. The van der Waals surface area contributed by atoms with E-state index in [0.717, 1.165) is 12.3 Å². The lowest BCUT2D eigenvalue weighted by Crippen LogP contribution is -2.02. The second kappa shape index (κ2) is 8.32. The molecule has 0 nitrogen and oxygen atoms in total. The molecule has 0 aromatic rings. The molecule has 1 aliphatic carbocycles. The molecule has 0 spiro atoms. The first-order valence-corrected chi connectivity index (χ1v) is 6.72. The molecule has 1 rings (SSSR count). The monoisotopic (exact) mass is 195 g/mol. The van der Waals surface area contributed by atoms with Crippen LogP contribution in [0.15, 0.2) is 0 Å². The van der Waals surface area contributed by atoms with Crippen molar-refractivity contribution in [2.75, 3.05) is 0 Å². The third-order valence-corrected chi connectivity index (χ3v) is 3.59. The van der Waals surface area contributed by atoms with Gasteiger partial charge in [0, 0.05) is 0 Å². The Labute approximate surface area is 90.5 Å². The van der Waals surface area contributed by atoms with Crippen LogP contribution in [0.2, 0.25) is 0 Å². The van der Waals surface area contributed by atoms with Crippen LogP contribution in [0.4, 0.5) is 0 Å². The Kier molecular flexibility index (Phi) is 7.17. The van der Waals surface area contributed by atoms with Gasteiger partial charge in [0.1, 0.15) is 0 Å². The van der Waals surface area contributed by atoms with Crippen molar-refractivity contribution >= 4 is 0 Å². The van der Waals surface area contributed by atoms with Gasteiger partial charge in [0.15, 0.2) is 0 Å². The normalized spacial score (nSPS) is 22.1. The van der Waals surface area contributed by atoms with Gasteiger partial charge in [0.05, 0.1) is 0 Å². The fraction of sp³-hybridized carbons (Fsp3) is 0.929. The molecular weight excluding hydrogens is 168 g/mol. The molecule has 0 atom stereocenters. The van der Waals surface area contributed by atoms with E-state index >= 15 is 0 Å². The molecule has 1 aliphatic rings. The average Bonchev–Trinajstić information content (AvgIpc) is 2.23. The van der Waals surface area contributed by atoms with Gasteiger partial charge >= 0.3 is 0 Å². The quantitative estimate of drug-likeness (QED) is 0.585. The van der Waals surface area contributed by atoms with Crippen LogP contribution < -0.4 is 0 Å². The summed E-state index contributed by atoms with van der Waals surface area (Å²) in [4.78, 5) is 0. The van der Waals surface area contributed by atoms with Crippen LogP contribution in [-0.2, 0) is 0 Å². The molecule has 1 saturated carbocycles. The van der Waals surface area contributed by atoms with E-state index < -0.39 is 0 Å². The van der Waals surface area contributed by atoms with E-state index in [2.05, 4.69) is 6.92 Å². The number of unbranched alkanes of at least 4 members (excludes halogenated alkanes) is 1. The molecule has 0 heterocycles. The lowest BCUT2D eigenvalue weighted by Gasteiger charge is -2.17. The van der Waals surface area contributed by atoms with Crippen molar-refractivity contribution < 1.29 is 0 Å². The van der Waals surface area contributed by atoms with E-state index in [1.807, 2.05) is 0 Å². The predicted octanol–water partition coefficient (Wildman–Crippen LogP) is 5.13. The molecule has 0 bridgehead atoms. The SMILES string of the molecule is [CH2]CCCC1CCCCCCCCC1. The van der Waals surface area contributed by atoms with Crippen molar-refractivity contribution in [2.45, 2.75) is 77.0 Å². The Bertz CT molecular complexity index is 107. The van der Waals surface area contributed by atoms with Crippen LogP contribution in [0, 0.1) is 12.8 Å². The first-order valence-electron chi connectivity index (χ1n) is 6.72. The zero-order valence-corrected chi connectivity index (χ0v) is 9.77. The van der Waals surface area contributed by atoms with Gasteiger partial charge in [0.2, 0.25) is 0 Å².